The van der Waals surface area contributed by atoms with Gasteiger partial charge < -0.3 is 10.1 Å². The lowest BCUT2D eigenvalue weighted by molar-refractivity contribution is 0.0900. The molecule has 2 unspecified atom stereocenters. The molecule has 2 rings (SSSR count). The van der Waals surface area contributed by atoms with Crippen LogP contribution in [0.5, 0.6) is 0 Å². The maximum Gasteiger partial charge on any atom is 0.180 e. The quantitative estimate of drug-likeness (QED) is 0.840. The summed E-state index contributed by atoms with van der Waals surface area (Å²) < 4.78 is 30.3. The van der Waals surface area contributed by atoms with Crippen LogP contribution in [0.3, 0.4) is 0 Å². The summed E-state index contributed by atoms with van der Waals surface area (Å²) in [5.41, 5.74) is 0.715. The van der Waals surface area contributed by atoms with Crippen LogP contribution < -0.4 is 5.32 Å². The van der Waals surface area contributed by atoms with Gasteiger partial charge in [0, 0.05) is 19.1 Å². The molecule has 1 saturated heterocycles. The van der Waals surface area contributed by atoms with E-state index in [-0.39, 0.29) is 11.9 Å². The molecule has 2 atom stereocenters. The average Bonchev–Trinajstić information content (AvgIpc) is 2.93. The maximum atomic E-state index is 12.3. The van der Waals surface area contributed by atoms with Gasteiger partial charge in [-0.15, -0.1) is 0 Å². The summed E-state index contributed by atoms with van der Waals surface area (Å²) in [5.74, 6) is 0.646. The minimum Gasteiger partial charge on any atom is -0.384 e. The first-order valence-corrected chi connectivity index (χ1v) is 9.41. The van der Waals surface area contributed by atoms with E-state index < -0.39 is 9.84 Å². The zero-order valence-corrected chi connectivity index (χ0v) is 13.7. The van der Waals surface area contributed by atoms with Gasteiger partial charge >= 0.3 is 0 Å². The van der Waals surface area contributed by atoms with Crippen LogP contribution >= 0.6 is 0 Å². The number of hydrogen-bond acceptors (Lipinski definition) is 4. The highest BCUT2D eigenvalue weighted by molar-refractivity contribution is 7.91. The van der Waals surface area contributed by atoms with E-state index in [0.29, 0.717) is 22.9 Å². The molecule has 1 aliphatic heterocycles. The third kappa shape index (κ3) is 3.98. The molecule has 0 amide bonds. The monoisotopic (exact) mass is 311 g/mol. The maximum absolute atomic E-state index is 12.3. The van der Waals surface area contributed by atoms with Crippen LogP contribution in [0.25, 0.3) is 0 Å². The Morgan fingerprint density at radius 2 is 2.05 bits per heavy atom. The van der Waals surface area contributed by atoms with Crippen molar-refractivity contribution in [1.29, 1.82) is 0 Å². The van der Waals surface area contributed by atoms with Crippen LogP contribution in [-0.4, -0.2) is 33.4 Å². The first-order valence-electron chi connectivity index (χ1n) is 7.75. The van der Waals surface area contributed by atoms with Gasteiger partial charge in [0.25, 0.3) is 0 Å². The van der Waals surface area contributed by atoms with E-state index in [4.69, 9.17) is 4.74 Å². The molecule has 21 heavy (non-hydrogen) atoms. The number of para-hydroxylation sites is 1. The van der Waals surface area contributed by atoms with E-state index in [1.807, 2.05) is 19.1 Å². The smallest absolute Gasteiger partial charge is 0.180 e. The summed E-state index contributed by atoms with van der Waals surface area (Å²) in [5, 5.41) is 3.32. The fourth-order valence-corrected chi connectivity index (χ4v) is 4.40. The second-order valence-corrected chi connectivity index (χ2v) is 7.64. The van der Waals surface area contributed by atoms with Crippen molar-refractivity contribution in [3.8, 4) is 0 Å². The zero-order valence-electron chi connectivity index (χ0n) is 12.8. The Hall–Kier alpha value is -1.07. The molecule has 4 nitrogen and oxygen atoms in total. The standard InChI is InChI=1S/C16H25NO3S/c1-3-11-21(18,19)16-8-6-5-7-14(16)17-12-13-9-10-20-15(13)4-2/h5-8,13,15,17H,3-4,9-12H2,1-2H3. The molecule has 0 saturated carbocycles. The van der Waals surface area contributed by atoms with Gasteiger partial charge in [-0.2, -0.15) is 0 Å². The number of hydrogen-bond donors (Lipinski definition) is 1. The molecule has 118 valence electrons. The molecule has 1 aliphatic rings. The molecular formula is C16H25NO3S. The third-order valence-corrected chi connectivity index (χ3v) is 5.97. The van der Waals surface area contributed by atoms with Crippen molar-refractivity contribution in [3.05, 3.63) is 24.3 Å². The number of benzene rings is 1. The molecule has 1 aromatic rings. The topological polar surface area (TPSA) is 55.4 Å². The normalized spacial score (nSPS) is 22.4. The van der Waals surface area contributed by atoms with Gasteiger partial charge in [-0.25, -0.2) is 8.42 Å². The zero-order chi connectivity index (χ0) is 15.3. The number of anilines is 1. The minimum absolute atomic E-state index is 0.190. The second kappa shape index (κ2) is 7.27. The first-order chi connectivity index (χ1) is 10.1. The lowest BCUT2D eigenvalue weighted by atomic mass is 9.99. The van der Waals surface area contributed by atoms with Crippen LogP contribution in [0.15, 0.2) is 29.2 Å². The van der Waals surface area contributed by atoms with Crippen LogP contribution in [0.2, 0.25) is 0 Å². The Morgan fingerprint density at radius 1 is 1.29 bits per heavy atom. The van der Waals surface area contributed by atoms with Crippen molar-refractivity contribution in [2.24, 2.45) is 5.92 Å². The van der Waals surface area contributed by atoms with Gasteiger partial charge in [-0.05, 0) is 31.4 Å². The summed E-state index contributed by atoms with van der Waals surface area (Å²) in [6.45, 7) is 5.58. The Kier molecular flexibility index (Phi) is 5.65. The highest BCUT2D eigenvalue weighted by Gasteiger charge is 2.27. The second-order valence-electron chi connectivity index (χ2n) is 5.56. The number of rotatable bonds is 7. The highest BCUT2D eigenvalue weighted by Crippen LogP contribution is 2.26. The molecule has 5 heteroatoms. The van der Waals surface area contributed by atoms with Gasteiger partial charge in [0.1, 0.15) is 0 Å². The third-order valence-electron chi connectivity index (χ3n) is 4.00. The molecule has 1 N–H and O–H groups in total. The Bertz CT molecular complexity index is 556. The molecule has 1 fully saturated rings. The molecule has 0 spiro atoms. The summed E-state index contributed by atoms with van der Waals surface area (Å²) in [6.07, 6.45) is 2.96. The summed E-state index contributed by atoms with van der Waals surface area (Å²) in [6, 6.07) is 7.19. The van der Waals surface area contributed by atoms with Gasteiger partial charge in [0.05, 0.1) is 22.4 Å². The molecular weight excluding hydrogens is 286 g/mol. The van der Waals surface area contributed by atoms with E-state index in [9.17, 15) is 8.42 Å². The minimum atomic E-state index is -3.20. The number of nitrogens with one attached hydrogen (secondary N) is 1. The van der Waals surface area contributed by atoms with Crippen molar-refractivity contribution < 1.29 is 13.2 Å². The van der Waals surface area contributed by atoms with E-state index >= 15 is 0 Å². The Labute approximate surface area is 127 Å². The van der Waals surface area contributed by atoms with E-state index in [1.165, 1.54) is 0 Å². The van der Waals surface area contributed by atoms with Crippen LogP contribution in [0, 0.1) is 5.92 Å². The Balaban J connectivity index is 2.10. The fourth-order valence-electron chi connectivity index (χ4n) is 2.88. The van der Waals surface area contributed by atoms with Crippen molar-refractivity contribution >= 4 is 15.5 Å². The van der Waals surface area contributed by atoms with Crippen molar-refractivity contribution in [1.82, 2.24) is 0 Å². The summed E-state index contributed by atoms with van der Waals surface area (Å²) in [4.78, 5) is 0.416. The largest absolute Gasteiger partial charge is 0.384 e. The molecule has 0 bridgehead atoms. The van der Waals surface area contributed by atoms with Crippen molar-refractivity contribution in [2.75, 3.05) is 24.2 Å². The van der Waals surface area contributed by atoms with Gasteiger partial charge in [-0.3, -0.25) is 0 Å². The van der Waals surface area contributed by atoms with E-state index in [1.54, 1.807) is 12.1 Å². The molecule has 0 aromatic heterocycles. The van der Waals surface area contributed by atoms with Crippen LogP contribution in [0.4, 0.5) is 5.69 Å². The average molecular weight is 311 g/mol. The van der Waals surface area contributed by atoms with Gasteiger partial charge in [-0.1, -0.05) is 26.0 Å². The summed E-state index contributed by atoms with van der Waals surface area (Å²) in [7, 11) is -3.20. The fraction of sp³-hybridized carbons (Fsp3) is 0.625. The van der Waals surface area contributed by atoms with Crippen molar-refractivity contribution in [3.63, 3.8) is 0 Å². The molecule has 0 radical (unpaired) electrons. The predicted octanol–water partition coefficient (Wildman–Crippen LogP) is 3.10. The van der Waals surface area contributed by atoms with Gasteiger partial charge in [0.15, 0.2) is 9.84 Å². The Morgan fingerprint density at radius 3 is 2.76 bits per heavy atom. The first kappa shape index (κ1) is 16.3. The molecule has 0 aliphatic carbocycles. The highest BCUT2D eigenvalue weighted by atomic mass is 32.2. The SMILES string of the molecule is CCCS(=O)(=O)c1ccccc1NCC1CCOC1CC. The van der Waals surface area contributed by atoms with Crippen LogP contribution in [0.1, 0.15) is 33.1 Å². The van der Waals surface area contributed by atoms with E-state index in [0.717, 1.165) is 26.0 Å². The van der Waals surface area contributed by atoms with Gasteiger partial charge in [0.2, 0.25) is 0 Å². The van der Waals surface area contributed by atoms with E-state index in [2.05, 4.69) is 12.2 Å². The van der Waals surface area contributed by atoms with Crippen LogP contribution in [-0.2, 0) is 14.6 Å². The molecule has 1 heterocycles. The number of ether oxygens (including phenoxy) is 1. The lowest BCUT2D eigenvalue weighted by Gasteiger charge is -2.19. The van der Waals surface area contributed by atoms with Crippen molar-refractivity contribution in [2.45, 2.75) is 44.1 Å². The molecule has 1 aromatic carbocycles. The number of sulfone groups is 1. The predicted molar refractivity (Wildman–Crippen MR) is 85.4 cm³/mol. The summed E-state index contributed by atoms with van der Waals surface area (Å²) >= 11 is 0. The lowest BCUT2D eigenvalue weighted by Crippen LogP contribution is -2.23.